The Kier molecular flexibility index (Phi) is 6.00. The summed E-state index contributed by atoms with van der Waals surface area (Å²) in [4.78, 5) is 12.2. The fourth-order valence-electron chi connectivity index (χ4n) is 2.85. The van der Waals surface area contributed by atoms with Gasteiger partial charge in [-0.3, -0.25) is 4.79 Å². The summed E-state index contributed by atoms with van der Waals surface area (Å²) in [5.74, 6) is -0.367. The van der Waals surface area contributed by atoms with Crippen LogP contribution in [-0.4, -0.2) is 27.6 Å². The molecule has 152 valence electrons. The van der Waals surface area contributed by atoms with E-state index in [2.05, 4.69) is 10.3 Å². The SMILES string of the molecule is CC(C)COC(=O)Cn1nnc(-c2ccccc2C(F)(F)F)c1-c1ccccc1. The van der Waals surface area contributed by atoms with E-state index in [1.165, 1.54) is 22.9 Å². The number of aromatic nitrogens is 3. The van der Waals surface area contributed by atoms with Crippen LogP contribution in [0.1, 0.15) is 19.4 Å². The molecule has 0 unspecified atom stereocenters. The summed E-state index contributed by atoms with van der Waals surface area (Å²) in [6.07, 6.45) is -4.55. The van der Waals surface area contributed by atoms with Gasteiger partial charge in [-0.05, 0) is 12.0 Å². The first-order valence-electron chi connectivity index (χ1n) is 9.08. The number of ether oxygens (including phenoxy) is 1. The lowest BCUT2D eigenvalue weighted by atomic mass is 9.99. The molecule has 3 aromatic rings. The van der Waals surface area contributed by atoms with E-state index in [4.69, 9.17) is 4.74 Å². The summed E-state index contributed by atoms with van der Waals surface area (Å²) in [5.41, 5.74) is 0.0676. The number of esters is 1. The topological polar surface area (TPSA) is 57.0 Å². The summed E-state index contributed by atoms with van der Waals surface area (Å²) < 4.78 is 47.1. The van der Waals surface area contributed by atoms with E-state index in [1.54, 1.807) is 30.3 Å². The fraction of sp³-hybridized carbons (Fsp3) is 0.286. The summed E-state index contributed by atoms with van der Waals surface area (Å²) in [6.45, 7) is 3.81. The molecule has 0 aliphatic rings. The van der Waals surface area contributed by atoms with Crippen molar-refractivity contribution >= 4 is 5.97 Å². The lowest BCUT2D eigenvalue weighted by molar-refractivity contribution is -0.145. The second-order valence-corrected chi connectivity index (χ2v) is 6.93. The third-order valence-corrected chi connectivity index (χ3v) is 4.13. The predicted octanol–water partition coefficient (Wildman–Crippen LogP) is 4.83. The number of alkyl halides is 3. The third-order valence-electron chi connectivity index (χ3n) is 4.13. The molecule has 0 N–H and O–H groups in total. The molecule has 0 saturated carbocycles. The Morgan fingerprint density at radius 2 is 1.72 bits per heavy atom. The first-order chi connectivity index (χ1) is 13.8. The van der Waals surface area contributed by atoms with Gasteiger partial charge in [0.05, 0.1) is 17.9 Å². The van der Waals surface area contributed by atoms with Crippen LogP contribution in [0.5, 0.6) is 0 Å². The van der Waals surface area contributed by atoms with Crippen LogP contribution >= 0.6 is 0 Å². The molecule has 0 atom stereocenters. The Morgan fingerprint density at radius 1 is 1.07 bits per heavy atom. The first kappa shape index (κ1) is 20.6. The summed E-state index contributed by atoms with van der Waals surface area (Å²) in [7, 11) is 0. The highest BCUT2D eigenvalue weighted by atomic mass is 19.4. The molecular weight excluding hydrogens is 383 g/mol. The van der Waals surface area contributed by atoms with E-state index in [0.717, 1.165) is 6.07 Å². The molecule has 0 aliphatic carbocycles. The van der Waals surface area contributed by atoms with Crippen LogP contribution in [0.2, 0.25) is 0 Å². The largest absolute Gasteiger partial charge is 0.464 e. The van der Waals surface area contributed by atoms with Crippen molar-refractivity contribution in [3.8, 4) is 22.5 Å². The summed E-state index contributed by atoms with van der Waals surface area (Å²) in [5, 5.41) is 7.95. The molecule has 1 aromatic heterocycles. The van der Waals surface area contributed by atoms with Gasteiger partial charge in [0.15, 0.2) is 0 Å². The van der Waals surface area contributed by atoms with Crippen LogP contribution in [0.15, 0.2) is 54.6 Å². The third kappa shape index (κ3) is 4.82. The van der Waals surface area contributed by atoms with Gasteiger partial charge in [-0.25, -0.2) is 4.68 Å². The number of carbonyl (C=O) groups excluding carboxylic acids is 1. The van der Waals surface area contributed by atoms with Crippen molar-refractivity contribution in [2.75, 3.05) is 6.61 Å². The van der Waals surface area contributed by atoms with Gasteiger partial charge in [0.2, 0.25) is 0 Å². The average molecular weight is 403 g/mol. The van der Waals surface area contributed by atoms with Gasteiger partial charge in [-0.1, -0.05) is 67.6 Å². The molecule has 29 heavy (non-hydrogen) atoms. The smallest absolute Gasteiger partial charge is 0.417 e. The van der Waals surface area contributed by atoms with Gasteiger partial charge in [-0.2, -0.15) is 13.2 Å². The van der Waals surface area contributed by atoms with Crippen molar-refractivity contribution < 1.29 is 22.7 Å². The van der Waals surface area contributed by atoms with Gasteiger partial charge in [0, 0.05) is 11.1 Å². The molecule has 0 fully saturated rings. The van der Waals surface area contributed by atoms with E-state index in [0.29, 0.717) is 11.3 Å². The maximum atomic E-state index is 13.5. The van der Waals surface area contributed by atoms with Crippen molar-refractivity contribution in [1.82, 2.24) is 15.0 Å². The zero-order valence-corrected chi connectivity index (χ0v) is 16.0. The molecule has 3 rings (SSSR count). The summed E-state index contributed by atoms with van der Waals surface area (Å²) >= 11 is 0. The Labute approximate surface area is 166 Å². The minimum Gasteiger partial charge on any atom is -0.464 e. The van der Waals surface area contributed by atoms with Crippen molar-refractivity contribution in [1.29, 1.82) is 0 Å². The van der Waals surface area contributed by atoms with Crippen LogP contribution in [-0.2, 0) is 22.3 Å². The molecular formula is C21H20F3N3O2. The fourth-order valence-corrected chi connectivity index (χ4v) is 2.85. The molecule has 0 amide bonds. The zero-order chi connectivity index (χ0) is 21.0. The van der Waals surface area contributed by atoms with Gasteiger partial charge >= 0.3 is 12.1 Å². The van der Waals surface area contributed by atoms with E-state index >= 15 is 0 Å². The highest BCUT2D eigenvalue weighted by molar-refractivity contribution is 5.81. The van der Waals surface area contributed by atoms with Crippen molar-refractivity contribution in [3.63, 3.8) is 0 Å². The number of carbonyl (C=O) groups is 1. The van der Waals surface area contributed by atoms with E-state index < -0.39 is 17.7 Å². The van der Waals surface area contributed by atoms with Crippen LogP contribution in [0.4, 0.5) is 13.2 Å². The second kappa shape index (κ2) is 8.46. The highest BCUT2D eigenvalue weighted by Gasteiger charge is 2.35. The van der Waals surface area contributed by atoms with Crippen LogP contribution in [0, 0.1) is 5.92 Å². The molecule has 5 nitrogen and oxygen atoms in total. The number of halogens is 3. The quantitative estimate of drug-likeness (QED) is 0.553. The van der Waals surface area contributed by atoms with Crippen LogP contribution < -0.4 is 0 Å². The molecule has 0 spiro atoms. The zero-order valence-electron chi connectivity index (χ0n) is 16.0. The lowest BCUT2D eigenvalue weighted by Gasteiger charge is -2.13. The van der Waals surface area contributed by atoms with E-state index in [1.807, 2.05) is 13.8 Å². The number of nitrogens with zero attached hydrogens (tertiary/aromatic N) is 3. The maximum absolute atomic E-state index is 13.5. The van der Waals surface area contributed by atoms with Crippen molar-refractivity contribution in [2.45, 2.75) is 26.6 Å². The highest BCUT2D eigenvalue weighted by Crippen LogP contribution is 2.39. The van der Waals surface area contributed by atoms with Gasteiger partial charge in [0.1, 0.15) is 12.2 Å². The number of hydrogen-bond donors (Lipinski definition) is 0. The predicted molar refractivity (Wildman–Crippen MR) is 102 cm³/mol. The minimum absolute atomic E-state index is 0.0563. The maximum Gasteiger partial charge on any atom is 0.417 e. The number of hydrogen-bond acceptors (Lipinski definition) is 4. The Bertz CT molecular complexity index is 982. The Balaban J connectivity index is 2.08. The first-order valence-corrected chi connectivity index (χ1v) is 9.08. The van der Waals surface area contributed by atoms with Crippen LogP contribution in [0.25, 0.3) is 22.5 Å². The molecule has 0 aliphatic heterocycles. The van der Waals surface area contributed by atoms with Crippen LogP contribution in [0.3, 0.4) is 0 Å². The molecule has 0 saturated heterocycles. The Morgan fingerprint density at radius 3 is 2.38 bits per heavy atom. The number of benzene rings is 2. The van der Waals surface area contributed by atoms with Gasteiger partial charge in [0.25, 0.3) is 0 Å². The van der Waals surface area contributed by atoms with E-state index in [-0.39, 0.29) is 30.3 Å². The number of rotatable bonds is 6. The normalized spacial score (nSPS) is 11.7. The van der Waals surface area contributed by atoms with Crippen molar-refractivity contribution in [3.05, 3.63) is 60.2 Å². The van der Waals surface area contributed by atoms with E-state index in [9.17, 15) is 18.0 Å². The lowest BCUT2D eigenvalue weighted by Crippen LogP contribution is -2.18. The van der Waals surface area contributed by atoms with Gasteiger partial charge < -0.3 is 4.74 Å². The second-order valence-electron chi connectivity index (χ2n) is 6.93. The minimum atomic E-state index is -4.55. The summed E-state index contributed by atoms with van der Waals surface area (Å²) in [6, 6.07) is 13.9. The molecule has 0 radical (unpaired) electrons. The van der Waals surface area contributed by atoms with Gasteiger partial charge in [-0.15, -0.1) is 5.10 Å². The van der Waals surface area contributed by atoms with Crippen molar-refractivity contribution in [2.24, 2.45) is 5.92 Å². The standard InChI is InChI=1S/C21H20F3N3O2/c1-14(2)13-29-18(28)12-27-20(15-8-4-3-5-9-15)19(25-26-27)16-10-6-7-11-17(16)21(22,23)24/h3-11,14H,12-13H2,1-2H3. The monoisotopic (exact) mass is 403 g/mol. The average Bonchev–Trinajstić information content (AvgIpc) is 3.09. The molecule has 0 bridgehead atoms. The molecule has 2 aromatic carbocycles. The molecule has 8 heteroatoms. The Hall–Kier alpha value is -3.16. The molecule has 1 heterocycles.